The van der Waals surface area contributed by atoms with Gasteiger partial charge in [-0.05, 0) is 43.7 Å². The van der Waals surface area contributed by atoms with Crippen LogP contribution in [0.3, 0.4) is 0 Å². The first-order valence-corrected chi connectivity index (χ1v) is 6.86. The number of ether oxygens (including phenoxy) is 1. The number of nitrogens with two attached hydrogens (primary N) is 1. The van der Waals surface area contributed by atoms with Crippen molar-refractivity contribution < 1.29 is 14.3 Å². The highest BCUT2D eigenvalue weighted by atomic mass is 16.5. The summed E-state index contributed by atoms with van der Waals surface area (Å²) in [6.45, 7) is 3.60. The number of benzene rings is 2. The van der Waals surface area contributed by atoms with Crippen molar-refractivity contribution in [3.63, 3.8) is 0 Å². The summed E-state index contributed by atoms with van der Waals surface area (Å²) in [5, 5.41) is 2.72. The molecule has 0 aromatic heterocycles. The fourth-order valence-electron chi connectivity index (χ4n) is 2.01. The topological polar surface area (TPSA) is 81.4 Å². The Balaban J connectivity index is 1.99. The summed E-state index contributed by atoms with van der Waals surface area (Å²) in [5.74, 6) is -0.196. The number of anilines is 1. The van der Waals surface area contributed by atoms with E-state index in [0.717, 1.165) is 5.56 Å². The van der Waals surface area contributed by atoms with E-state index in [4.69, 9.17) is 10.5 Å². The van der Waals surface area contributed by atoms with Gasteiger partial charge < -0.3 is 15.8 Å². The van der Waals surface area contributed by atoms with Crippen molar-refractivity contribution in [2.24, 2.45) is 5.73 Å². The molecule has 0 saturated carbocycles. The highest BCUT2D eigenvalue weighted by Crippen LogP contribution is 2.18. The van der Waals surface area contributed by atoms with Gasteiger partial charge in [-0.2, -0.15) is 0 Å². The van der Waals surface area contributed by atoms with E-state index in [0.29, 0.717) is 22.6 Å². The lowest BCUT2D eigenvalue weighted by Gasteiger charge is -2.11. The van der Waals surface area contributed by atoms with Crippen LogP contribution in [0, 0.1) is 13.8 Å². The van der Waals surface area contributed by atoms with Gasteiger partial charge >= 0.3 is 0 Å². The van der Waals surface area contributed by atoms with E-state index < -0.39 is 5.91 Å². The van der Waals surface area contributed by atoms with Gasteiger partial charge in [0.15, 0.2) is 6.61 Å². The zero-order chi connectivity index (χ0) is 16.1. The van der Waals surface area contributed by atoms with E-state index >= 15 is 0 Å². The van der Waals surface area contributed by atoms with Crippen molar-refractivity contribution in [1.29, 1.82) is 0 Å². The molecule has 2 rings (SSSR count). The molecule has 2 amide bonds. The summed E-state index contributed by atoms with van der Waals surface area (Å²) in [6, 6.07) is 12.4. The minimum absolute atomic E-state index is 0.108. The first-order valence-electron chi connectivity index (χ1n) is 6.86. The summed E-state index contributed by atoms with van der Waals surface area (Å²) in [4.78, 5) is 23.2. The van der Waals surface area contributed by atoms with Crippen molar-refractivity contribution in [3.05, 3.63) is 59.2 Å². The first kappa shape index (κ1) is 15.6. The number of hydrogen-bond donors (Lipinski definition) is 2. The van der Waals surface area contributed by atoms with Crippen molar-refractivity contribution >= 4 is 17.5 Å². The van der Waals surface area contributed by atoms with Gasteiger partial charge in [-0.25, -0.2) is 0 Å². The summed E-state index contributed by atoms with van der Waals surface area (Å²) < 4.78 is 5.41. The Kier molecular flexibility index (Phi) is 4.78. The Labute approximate surface area is 129 Å². The predicted molar refractivity (Wildman–Crippen MR) is 85.0 cm³/mol. The quantitative estimate of drug-likeness (QED) is 0.889. The molecule has 0 heterocycles. The molecule has 114 valence electrons. The minimum atomic E-state index is -0.524. The number of nitrogens with one attached hydrogen (secondary N) is 1. The molecule has 22 heavy (non-hydrogen) atoms. The number of amides is 2. The van der Waals surface area contributed by atoms with E-state index in [2.05, 4.69) is 5.32 Å². The van der Waals surface area contributed by atoms with Crippen LogP contribution in [0.4, 0.5) is 5.69 Å². The van der Waals surface area contributed by atoms with Gasteiger partial charge in [-0.3, -0.25) is 9.59 Å². The molecule has 0 saturated heterocycles. The largest absolute Gasteiger partial charge is 0.484 e. The van der Waals surface area contributed by atoms with Crippen LogP contribution >= 0.6 is 0 Å². The maximum Gasteiger partial charge on any atom is 0.262 e. The lowest BCUT2D eigenvalue weighted by Crippen LogP contribution is -2.21. The molecule has 0 spiro atoms. The van der Waals surface area contributed by atoms with Crippen molar-refractivity contribution in [3.8, 4) is 5.75 Å². The van der Waals surface area contributed by atoms with Crippen LogP contribution in [-0.4, -0.2) is 18.4 Å². The lowest BCUT2D eigenvalue weighted by molar-refractivity contribution is -0.118. The summed E-state index contributed by atoms with van der Waals surface area (Å²) in [7, 11) is 0. The second kappa shape index (κ2) is 6.76. The molecule has 0 aliphatic rings. The van der Waals surface area contributed by atoms with Crippen LogP contribution in [0.25, 0.3) is 0 Å². The molecule has 5 nitrogen and oxygen atoms in total. The van der Waals surface area contributed by atoms with Crippen LogP contribution in [0.2, 0.25) is 0 Å². The average molecular weight is 298 g/mol. The van der Waals surface area contributed by atoms with Gasteiger partial charge in [-0.1, -0.05) is 23.8 Å². The summed E-state index contributed by atoms with van der Waals surface area (Å²) in [5.41, 5.74) is 7.98. The molecule has 0 aliphatic carbocycles. The molecule has 0 bridgehead atoms. The lowest BCUT2D eigenvalue weighted by atomic mass is 10.1. The normalized spacial score (nSPS) is 10.1. The van der Waals surface area contributed by atoms with Gasteiger partial charge in [0.05, 0.1) is 0 Å². The third kappa shape index (κ3) is 3.85. The highest BCUT2D eigenvalue weighted by Gasteiger charge is 2.11. The summed E-state index contributed by atoms with van der Waals surface area (Å²) >= 11 is 0. The van der Waals surface area contributed by atoms with Gasteiger partial charge in [0.1, 0.15) is 5.75 Å². The van der Waals surface area contributed by atoms with E-state index in [9.17, 15) is 9.59 Å². The standard InChI is InChI=1S/C17H18N2O3/c1-11-6-8-13(9-7-11)22-10-16(20)19-15-5-3-4-14(12(15)2)17(18)21/h3-9H,10H2,1-2H3,(H2,18,21)(H,19,20). The molecule has 3 N–H and O–H groups in total. The maximum absolute atomic E-state index is 11.9. The van der Waals surface area contributed by atoms with Crippen LogP contribution < -0.4 is 15.8 Å². The van der Waals surface area contributed by atoms with E-state index in [1.54, 1.807) is 25.1 Å². The number of aryl methyl sites for hydroxylation is 1. The van der Waals surface area contributed by atoms with Crippen LogP contribution in [0.5, 0.6) is 5.75 Å². The predicted octanol–water partition coefficient (Wildman–Crippen LogP) is 2.42. The maximum atomic E-state index is 11.9. The molecule has 0 unspecified atom stereocenters. The van der Waals surface area contributed by atoms with Crippen molar-refractivity contribution in [2.75, 3.05) is 11.9 Å². The second-order valence-corrected chi connectivity index (χ2v) is 4.99. The van der Waals surface area contributed by atoms with Crippen molar-refractivity contribution in [1.82, 2.24) is 0 Å². The Bertz CT molecular complexity index is 694. The fraction of sp³-hybridized carbons (Fsp3) is 0.176. The molecule has 0 fully saturated rings. The Morgan fingerprint density at radius 2 is 1.77 bits per heavy atom. The van der Waals surface area contributed by atoms with Crippen molar-refractivity contribution in [2.45, 2.75) is 13.8 Å². The zero-order valence-electron chi connectivity index (χ0n) is 12.6. The minimum Gasteiger partial charge on any atom is -0.484 e. The van der Waals surface area contributed by atoms with E-state index in [1.807, 2.05) is 31.2 Å². The zero-order valence-corrected chi connectivity index (χ0v) is 12.6. The second-order valence-electron chi connectivity index (χ2n) is 4.99. The first-order chi connectivity index (χ1) is 10.5. The molecule has 5 heteroatoms. The van der Waals surface area contributed by atoms with E-state index in [-0.39, 0.29) is 12.5 Å². The van der Waals surface area contributed by atoms with Gasteiger partial charge in [-0.15, -0.1) is 0 Å². The van der Waals surface area contributed by atoms with Gasteiger partial charge in [0.25, 0.3) is 5.91 Å². The molecular formula is C17H18N2O3. The average Bonchev–Trinajstić information content (AvgIpc) is 2.48. The molecule has 2 aromatic rings. The van der Waals surface area contributed by atoms with Gasteiger partial charge in [0.2, 0.25) is 5.91 Å². The molecule has 2 aromatic carbocycles. The number of hydrogen-bond acceptors (Lipinski definition) is 3. The number of rotatable bonds is 5. The number of carbonyl (C=O) groups is 2. The van der Waals surface area contributed by atoms with Crippen LogP contribution in [0.15, 0.2) is 42.5 Å². The molecule has 0 atom stereocenters. The SMILES string of the molecule is Cc1ccc(OCC(=O)Nc2cccc(C(N)=O)c2C)cc1. The number of primary amides is 1. The van der Waals surface area contributed by atoms with Gasteiger partial charge in [0, 0.05) is 11.3 Å². The molecule has 0 aliphatic heterocycles. The molecule has 0 radical (unpaired) electrons. The Morgan fingerprint density at radius 1 is 1.09 bits per heavy atom. The highest BCUT2D eigenvalue weighted by molar-refractivity contribution is 5.98. The van der Waals surface area contributed by atoms with Crippen LogP contribution in [0.1, 0.15) is 21.5 Å². The third-order valence-corrected chi connectivity index (χ3v) is 3.26. The summed E-state index contributed by atoms with van der Waals surface area (Å²) in [6.07, 6.45) is 0. The Hall–Kier alpha value is -2.82. The fourth-order valence-corrected chi connectivity index (χ4v) is 2.01. The van der Waals surface area contributed by atoms with E-state index in [1.165, 1.54) is 0 Å². The van der Waals surface area contributed by atoms with Crippen LogP contribution in [-0.2, 0) is 4.79 Å². The Morgan fingerprint density at radius 3 is 2.41 bits per heavy atom. The number of carbonyl (C=O) groups excluding carboxylic acids is 2. The molecular weight excluding hydrogens is 280 g/mol. The monoisotopic (exact) mass is 298 g/mol. The third-order valence-electron chi connectivity index (χ3n) is 3.26. The smallest absolute Gasteiger partial charge is 0.262 e.